The number of nitrogens with one attached hydrogen (secondary N) is 1. The summed E-state index contributed by atoms with van der Waals surface area (Å²) in [5.41, 5.74) is 6.25. The third kappa shape index (κ3) is 3.37. The molecule has 17 heavy (non-hydrogen) atoms. The molecule has 1 aromatic rings. The number of rotatable bonds is 5. The largest absolute Gasteiger partial charge is 0.482 e. The molecule has 1 aliphatic rings. The van der Waals surface area contributed by atoms with Crippen LogP contribution in [0.25, 0.3) is 0 Å². The monoisotopic (exact) mass is 234 g/mol. The van der Waals surface area contributed by atoms with Crippen molar-refractivity contribution < 1.29 is 9.53 Å². The number of carbonyl (C=O) groups is 1. The van der Waals surface area contributed by atoms with Gasteiger partial charge >= 0.3 is 0 Å². The van der Waals surface area contributed by atoms with Crippen LogP contribution in [-0.2, 0) is 4.79 Å². The van der Waals surface area contributed by atoms with Gasteiger partial charge in [-0.2, -0.15) is 0 Å². The average molecular weight is 234 g/mol. The molecule has 1 fully saturated rings. The van der Waals surface area contributed by atoms with E-state index in [-0.39, 0.29) is 12.5 Å². The lowest BCUT2D eigenvalue weighted by molar-refractivity contribution is -0.123. The second-order valence-electron chi connectivity index (χ2n) is 4.60. The van der Waals surface area contributed by atoms with E-state index in [9.17, 15) is 4.79 Å². The van der Waals surface area contributed by atoms with Crippen molar-refractivity contribution in [3.63, 3.8) is 0 Å². The molecule has 1 amide bonds. The summed E-state index contributed by atoms with van der Waals surface area (Å²) >= 11 is 0. The van der Waals surface area contributed by atoms with E-state index < -0.39 is 0 Å². The number of carbonyl (C=O) groups excluding carboxylic acids is 1. The number of anilines is 1. The number of ether oxygens (including phenoxy) is 1. The van der Waals surface area contributed by atoms with Crippen molar-refractivity contribution in [3.05, 3.63) is 24.3 Å². The van der Waals surface area contributed by atoms with Gasteiger partial charge in [-0.3, -0.25) is 4.79 Å². The topological polar surface area (TPSA) is 64.3 Å². The van der Waals surface area contributed by atoms with Gasteiger partial charge in [0.1, 0.15) is 5.75 Å². The molecule has 0 bridgehead atoms. The molecule has 0 aliphatic heterocycles. The maximum absolute atomic E-state index is 11.5. The lowest BCUT2D eigenvalue weighted by atomic mass is 10.3. The second-order valence-corrected chi connectivity index (χ2v) is 4.60. The maximum atomic E-state index is 11.5. The minimum Gasteiger partial charge on any atom is -0.482 e. The van der Waals surface area contributed by atoms with E-state index in [0.717, 1.165) is 12.5 Å². The summed E-state index contributed by atoms with van der Waals surface area (Å²) in [4.78, 5) is 11.5. The van der Waals surface area contributed by atoms with Crippen molar-refractivity contribution >= 4 is 11.6 Å². The van der Waals surface area contributed by atoms with Crippen LogP contribution < -0.4 is 15.8 Å². The van der Waals surface area contributed by atoms with E-state index in [4.69, 9.17) is 10.5 Å². The van der Waals surface area contributed by atoms with E-state index in [2.05, 4.69) is 12.2 Å². The van der Waals surface area contributed by atoms with Crippen LogP contribution in [0.5, 0.6) is 5.75 Å². The van der Waals surface area contributed by atoms with Crippen LogP contribution in [0.1, 0.15) is 13.3 Å². The molecular weight excluding hydrogens is 216 g/mol. The Kier molecular flexibility index (Phi) is 3.52. The molecule has 0 radical (unpaired) electrons. The van der Waals surface area contributed by atoms with Crippen molar-refractivity contribution in [2.75, 3.05) is 18.9 Å². The summed E-state index contributed by atoms with van der Waals surface area (Å²) in [6.07, 6.45) is 1.22. The van der Waals surface area contributed by atoms with E-state index in [0.29, 0.717) is 17.4 Å². The number of hydrogen-bond donors (Lipinski definition) is 2. The van der Waals surface area contributed by atoms with Gasteiger partial charge < -0.3 is 15.8 Å². The van der Waals surface area contributed by atoms with Crippen LogP contribution in [0.2, 0.25) is 0 Å². The molecule has 0 spiro atoms. The van der Waals surface area contributed by atoms with Crippen LogP contribution in [0, 0.1) is 11.8 Å². The van der Waals surface area contributed by atoms with Crippen LogP contribution in [0.15, 0.2) is 24.3 Å². The van der Waals surface area contributed by atoms with E-state index in [1.165, 1.54) is 6.42 Å². The molecule has 1 saturated carbocycles. The van der Waals surface area contributed by atoms with Gasteiger partial charge in [0.25, 0.3) is 5.91 Å². The number of hydrogen-bond acceptors (Lipinski definition) is 3. The number of para-hydroxylation sites is 2. The van der Waals surface area contributed by atoms with Gasteiger partial charge in [0.05, 0.1) is 5.69 Å². The molecule has 2 atom stereocenters. The fourth-order valence-corrected chi connectivity index (χ4v) is 1.73. The van der Waals surface area contributed by atoms with Gasteiger partial charge in [0.2, 0.25) is 0 Å². The lowest BCUT2D eigenvalue weighted by Crippen LogP contribution is -2.30. The summed E-state index contributed by atoms with van der Waals surface area (Å²) < 4.78 is 5.34. The Bertz CT molecular complexity index is 406. The fraction of sp³-hybridized carbons (Fsp3) is 0.462. The van der Waals surface area contributed by atoms with Gasteiger partial charge in [0, 0.05) is 6.54 Å². The number of amides is 1. The van der Waals surface area contributed by atoms with Crippen molar-refractivity contribution in [1.29, 1.82) is 0 Å². The molecule has 4 nitrogen and oxygen atoms in total. The van der Waals surface area contributed by atoms with Gasteiger partial charge in [-0.15, -0.1) is 0 Å². The quantitative estimate of drug-likeness (QED) is 0.757. The summed E-state index contributed by atoms with van der Waals surface area (Å²) in [6, 6.07) is 7.16. The smallest absolute Gasteiger partial charge is 0.257 e. The standard InChI is InChI=1S/C13H18N2O2/c1-9-6-10(9)7-15-13(16)8-17-12-5-3-2-4-11(12)14/h2-5,9-10H,6-8,14H2,1H3,(H,15,16). The zero-order valence-corrected chi connectivity index (χ0v) is 9.98. The highest BCUT2D eigenvalue weighted by atomic mass is 16.5. The Balaban J connectivity index is 1.70. The third-order valence-corrected chi connectivity index (χ3v) is 3.12. The highest BCUT2D eigenvalue weighted by Crippen LogP contribution is 2.36. The summed E-state index contributed by atoms with van der Waals surface area (Å²) in [6.45, 7) is 2.97. The van der Waals surface area contributed by atoms with Gasteiger partial charge in [0.15, 0.2) is 6.61 Å². The molecule has 1 aliphatic carbocycles. The second kappa shape index (κ2) is 5.08. The van der Waals surface area contributed by atoms with E-state index >= 15 is 0 Å². The average Bonchev–Trinajstić information content (AvgIpc) is 3.02. The first kappa shape index (κ1) is 11.8. The van der Waals surface area contributed by atoms with Crippen LogP contribution >= 0.6 is 0 Å². The van der Waals surface area contributed by atoms with Crippen LogP contribution in [0.4, 0.5) is 5.69 Å². The number of benzene rings is 1. The Morgan fingerprint density at radius 3 is 2.88 bits per heavy atom. The molecule has 0 aromatic heterocycles. The van der Waals surface area contributed by atoms with Crippen LogP contribution in [0.3, 0.4) is 0 Å². The molecule has 3 N–H and O–H groups in total. The number of nitrogen functional groups attached to an aromatic ring is 1. The third-order valence-electron chi connectivity index (χ3n) is 3.12. The highest BCUT2D eigenvalue weighted by Gasteiger charge is 2.32. The minimum atomic E-state index is -0.0904. The molecular formula is C13H18N2O2. The van der Waals surface area contributed by atoms with Gasteiger partial charge in [-0.25, -0.2) is 0 Å². The van der Waals surface area contributed by atoms with Crippen LogP contribution in [-0.4, -0.2) is 19.1 Å². The number of nitrogens with two attached hydrogens (primary N) is 1. The van der Waals surface area contributed by atoms with Crippen molar-refractivity contribution in [1.82, 2.24) is 5.32 Å². The first-order valence-corrected chi connectivity index (χ1v) is 5.91. The lowest BCUT2D eigenvalue weighted by Gasteiger charge is -2.08. The predicted molar refractivity (Wildman–Crippen MR) is 66.6 cm³/mol. The molecule has 4 heteroatoms. The SMILES string of the molecule is CC1CC1CNC(=O)COc1ccccc1N. The maximum Gasteiger partial charge on any atom is 0.257 e. The minimum absolute atomic E-state index is 0.0231. The van der Waals surface area contributed by atoms with Gasteiger partial charge in [-0.1, -0.05) is 19.1 Å². The Morgan fingerprint density at radius 2 is 2.24 bits per heavy atom. The molecule has 92 valence electrons. The normalized spacial score (nSPS) is 21.9. The molecule has 2 unspecified atom stereocenters. The predicted octanol–water partition coefficient (Wildman–Crippen LogP) is 1.42. The Hall–Kier alpha value is -1.71. The molecule has 0 saturated heterocycles. The summed E-state index contributed by atoms with van der Waals surface area (Å²) in [5.74, 6) is 1.87. The first-order chi connectivity index (χ1) is 8.16. The van der Waals surface area contributed by atoms with Crippen molar-refractivity contribution in [2.24, 2.45) is 11.8 Å². The summed E-state index contributed by atoms with van der Waals surface area (Å²) in [5, 5.41) is 2.86. The Morgan fingerprint density at radius 1 is 1.53 bits per heavy atom. The first-order valence-electron chi connectivity index (χ1n) is 5.91. The molecule has 2 rings (SSSR count). The van der Waals surface area contributed by atoms with Crippen molar-refractivity contribution in [3.8, 4) is 5.75 Å². The zero-order chi connectivity index (χ0) is 12.3. The Labute approximate surface area is 101 Å². The fourth-order valence-electron chi connectivity index (χ4n) is 1.73. The molecule has 0 heterocycles. The zero-order valence-electron chi connectivity index (χ0n) is 9.98. The molecule has 1 aromatic carbocycles. The van der Waals surface area contributed by atoms with E-state index in [1.807, 2.05) is 12.1 Å². The van der Waals surface area contributed by atoms with E-state index in [1.54, 1.807) is 12.1 Å². The summed E-state index contributed by atoms with van der Waals surface area (Å²) in [7, 11) is 0. The van der Waals surface area contributed by atoms with Crippen molar-refractivity contribution in [2.45, 2.75) is 13.3 Å². The highest BCUT2D eigenvalue weighted by molar-refractivity contribution is 5.77. The van der Waals surface area contributed by atoms with Gasteiger partial charge in [-0.05, 0) is 30.4 Å².